The molecule has 1 saturated heterocycles. The van der Waals surface area contributed by atoms with Crippen LogP contribution in [-0.2, 0) is 33.8 Å². The minimum atomic E-state index is -0.613. The van der Waals surface area contributed by atoms with E-state index < -0.39 is 11.9 Å². The van der Waals surface area contributed by atoms with E-state index in [4.69, 9.17) is 14.2 Å². The molecule has 0 radical (unpaired) electrons. The summed E-state index contributed by atoms with van der Waals surface area (Å²) in [6.45, 7) is 7.83. The van der Waals surface area contributed by atoms with Gasteiger partial charge in [0.05, 0.1) is 12.7 Å². The van der Waals surface area contributed by atoms with Crippen molar-refractivity contribution in [1.82, 2.24) is 15.5 Å². The average Bonchev–Trinajstić information content (AvgIpc) is 3.26. The average molecular weight is 568 g/mol. The Labute approximate surface area is 243 Å². The fourth-order valence-electron chi connectivity index (χ4n) is 5.08. The lowest BCUT2D eigenvalue weighted by Gasteiger charge is -2.33. The molecule has 41 heavy (non-hydrogen) atoms. The van der Waals surface area contributed by atoms with Crippen LogP contribution in [0.1, 0.15) is 80.7 Å². The fraction of sp³-hybridized carbons (Fsp3) is 0.562. The molecule has 3 N–H and O–H groups in total. The molecule has 4 rings (SSSR count). The molecular weight excluding hydrogens is 522 g/mol. The number of amides is 3. The molecule has 0 bridgehead atoms. The number of hydrogen-bond donors (Lipinski definition) is 3. The Morgan fingerprint density at radius 1 is 1.02 bits per heavy atom. The van der Waals surface area contributed by atoms with Crippen molar-refractivity contribution in [2.45, 2.75) is 83.8 Å². The van der Waals surface area contributed by atoms with Crippen LogP contribution in [0.25, 0.3) is 0 Å². The highest BCUT2D eigenvalue weighted by molar-refractivity contribution is 6.01. The van der Waals surface area contributed by atoms with Gasteiger partial charge in [0, 0.05) is 45.7 Å². The molecule has 0 aliphatic carbocycles. The van der Waals surface area contributed by atoms with Crippen molar-refractivity contribution in [1.29, 1.82) is 0 Å². The van der Waals surface area contributed by atoms with Crippen LogP contribution in [0.2, 0.25) is 0 Å². The molecule has 0 aromatic heterocycles. The molecule has 0 saturated carbocycles. The molecule has 2 aliphatic rings. The highest BCUT2D eigenvalue weighted by Crippen LogP contribution is 2.32. The monoisotopic (exact) mass is 567 g/mol. The van der Waals surface area contributed by atoms with Crippen LogP contribution in [0, 0.1) is 0 Å². The van der Waals surface area contributed by atoms with Crippen LogP contribution in [-0.4, -0.2) is 60.6 Å². The predicted molar refractivity (Wildman–Crippen MR) is 156 cm³/mol. The highest BCUT2D eigenvalue weighted by Gasteiger charge is 2.28. The third-order valence-electron chi connectivity index (χ3n) is 7.37. The second-order valence-electron chi connectivity index (χ2n) is 11.4. The van der Waals surface area contributed by atoms with Crippen molar-refractivity contribution in [2.24, 2.45) is 0 Å². The number of urea groups is 1. The number of aryl methyl sites for hydroxylation is 1. The van der Waals surface area contributed by atoms with Gasteiger partial charge in [-0.1, -0.05) is 43.2 Å². The van der Waals surface area contributed by atoms with Crippen molar-refractivity contribution in [3.63, 3.8) is 0 Å². The number of fused-ring (bicyclic) bond motifs is 1. The number of rotatable bonds is 17. The van der Waals surface area contributed by atoms with Gasteiger partial charge in [0.15, 0.2) is 0 Å². The Hall–Kier alpha value is -2.98. The van der Waals surface area contributed by atoms with Gasteiger partial charge in [-0.15, -0.1) is 0 Å². The SMILES string of the molecule is CC1(C)OCc2cc([C@@H](O)CNCCCCCCOCCCCc3cccc(CN4CC(=O)NC4=O)c3)ccc2O1. The van der Waals surface area contributed by atoms with E-state index in [2.05, 4.69) is 22.8 Å². The van der Waals surface area contributed by atoms with E-state index in [0.717, 1.165) is 87.1 Å². The van der Waals surface area contributed by atoms with Gasteiger partial charge in [-0.3, -0.25) is 10.1 Å². The van der Waals surface area contributed by atoms with E-state index in [0.29, 0.717) is 19.7 Å². The first-order valence-electron chi connectivity index (χ1n) is 14.9. The van der Waals surface area contributed by atoms with Gasteiger partial charge in [0.25, 0.3) is 0 Å². The van der Waals surface area contributed by atoms with E-state index in [1.807, 2.05) is 44.2 Å². The molecule has 2 aromatic rings. The molecule has 2 heterocycles. The van der Waals surface area contributed by atoms with Crippen LogP contribution in [0.5, 0.6) is 5.75 Å². The molecule has 0 unspecified atom stereocenters. The molecule has 0 spiro atoms. The normalized spacial score (nSPS) is 16.8. The maximum absolute atomic E-state index is 11.7. The van der Waals surface area contributed by atoms with E-state index in [1.165, 1.54) is 10.5 Å². The molecule has 2 aromatic carbocycles. The van der Waals surface area contributed by atoms with Gasteiger partial charge in [0.1, 0.15) is 12.3 Å². The molecular formula is C32H45N3O6. The van der Waals surface area contributed by atoms with Crippen LogP contribution in [0.3, 0.4) is 0 Å². The fourth-order valence-corrected chi connectivity index (χ4v) is 5.08. The Morgan fingerprint density at radius 2 is 1.80 bits per heavy atom. The molecule has 1 atom stereocenters. The van der Waals surface area contributed by atoms with Crippen LogP contribution < -0.4 is 15.4 Å². The highest BCUT2D eigenvalue weighted by atomic mass is 16.7. The summed E-state index contributed by atoms with van der Waals surface area (Å²) in [4.78, 5) is 24.6. The lowest BCUT2D eigenvalue weighted by Crippen LogP contribution is -2.35. The second-order valence-corrected chi connectivity index (χ2v) is 11.4. The standard InChI is InChI=1S/C32H45N3O6/c1-32(2)40-23-27-19-26(13-14-29(27)41-32)28(36)20-33-15-6-3-4-7-16-39-17-8-5-10-24-11-9-12-25(18-24)21-35-22-30(37)34-31(35)38/h9,11-14,18-19,28,33,36H,3-8,10,15-17,20-23H2,1-2H3,(H,34,37,38)/t28-/m0/s1. The molecule has 224 valence electrons. The van der Waals surface area contributed by atoms with Crippen LogP contribution in [0.15, 0.2) is 42.5 Å². The number of benzene rings is 2. The number of nitrogens with one attached hydrogen (secondary N) is 2. The topological polar surface area (TPSA) is 109 Å². The van der Waals surface area contributed by atoms with Crippen molar-refractivity contribution in [3.05, 3.63) is 64.7 Å². The number of imide groups is 1. The molecule has 3 amide bonds. The number of aliphatic hydroxyl groups excluding tert-OH is 1. The van der Waals surface area contributed by atoms with E-state index in [9.17, 15) is 14.7 Å². The zero-order valence-electron chi connectivity index (χ0n) is 24.5. The second kappa shape index (κ2) is 15.3. The maximum Gasteiger partial charge on any atom is 0.324 e. The predicted octanol–water partition coefficient (Wildman–Crippen LogP) is 4.61. The summed E-state index contributed by atoms with van der Waals surface area (Å²) < 4.78 is 17.3. The first-order chi connectivity index (χ1) is 19.8. The summed E-state index contributed by atoms with van der Waals surface area (Å²) in [5.41, 5.74) is 4.13. The number of aliphatic hydroxyl groups is 1. The molecule has 1 fully saturated rings. The minimum absolute atomic E-state index is 0.129. The van der Waals surface area contributed by atoms with E-state index in [1.54, 1.807) is 0 Å². The zero-order chi connectivity index (χ0) is 29.1. The van der Waals surface area contributed by atoms with Gasteiger partial charge in [-0.05, 0) is 67.5 Å². The van der Waals surface area contributed by atoms with Gasteiger partial charge in [0.2, 0.25) is 11.7 Å². The number of ether oxygens (including phenoxy) is 3. The first-order valence-corrected chi connectivity index (χ1v) is 14.9. The minimum Gasteiger partial charge on any atom is -0.463 e. The summed E-state index contributed by atoms with van der Waals surface area (Å²) in [7, 11) is 0. The smallest absolute Gasteiger partial charge is 0.324 e. The lowest BCUT2D eigenvalue weighted by molar-refractivity contribution is -0.180. The Morgan fingerprint density at radius 3 is 2.61 bits per heavy atom. The Balaban J connectivity index is 0.969. The Bertz CT molecular complexity index is 1150. The number of carbonyl (C=O) groups is 2. The number of carbonyl (C=O) groups excluding carboxylic acids is 2. The van der Waals surface area contributed by atoms with E-state index in [-0.39, 0.29) is 18.5 Å². The largest absolute Gasteiger partial charge is 0.463 e. The van der Waals surface area contributed by atoms with E-state index >= 15 is 0 Å². The number of nitrogens with zero attached hydrogens (tertiary/aromatic N) is 1. The third-order valence-corrected chi connectivity index (χ3v) is 7.37. The molecule has 9 nitrogen and oxygen atoms in total. The Kier molecular flexibility index (Phi) is 11.6. The first kappa shape index (κ1) is 31.0. The van der Waals surface area contributed by atoms with Crippen LogP contribution >= 0.6 is 0 Å². The zero-order valence-corrected chi connectivity index (χ0v) is 24.5. The van der Waals surface area contributed by atoms with Crippen molar-refractivity contribution in [3.8, 4) is 5.75 Å². The summed E-state index contributed by atoms with van der Waals surface area (Å²) in [5, 5.41) is 16.2. The molecule has 9 heteroatoms. The van der Waals surface area contributed by atoms with Gasteiger partial charge >= 0.3 is 6.03 Å². The van der Waals surface area contributed by atoms with Crippen molar-refractivity contribution >= 4 is 11.9 Å². The summed E-state index contributed by atoms with van der Waals surface area (Å²) in [6, 6.07) is 13.7. The van der Waals surface area contributed by atoms with Crippen molar-refractivity contribution < 1.29 is 28.9 Å². The van der Waals surface area contributed by atoms with Gasteiger partial charge in [-0.2, -0.15) is 0 Å². The molecule has 2 aliphatic heterocycles. The summed E-state index contributed by atoms with van der Waals surface area (Å²) in [5.74, 6) is -0.0331. The van der Waals surface area contributed by atoms with Crippen LogP contribution in [0.4, 0.5) is 4.79 Å². The van der Waals surface area contributed by atoms with Crippen molar-refractivity contribution in [2.75, 3.05) is 32.8 Å². The van der Waals surface area contributed by atoms with Gasteiger partial charge < -0.3 is 29.5 Å². The lowest BCUT2D eigenvalue weighted by atomic mass is 10.0. The summed E-state index contributed by atoms with van der Waals surface area (Å²) >= 11 is 0. The maximum atomic E-state index is 11.7. The quantitative estimate of drug-likeness (QED) is 0.189. The number of unbranched alkanes of at least 4 members (excludes halogenated alkanes) is 4. The number of hydrogen-bond acceptors (Lipinski definition) is 7. The summed E-state index contributed by atoms with van der Waals surface area (Å²) in [6.07, 6.45) is 6.89. The van der Waals surface area contributed by atoms with Gasteiger partial charge in [-0.25, -0.2) is 4.79 Å². The third kappa shape index (κ3) is 10.1.